The Hall–Kier alpha value is -1.26. The molecule has 5 nitrogen and oxygen atoms in total. The largest absolute Gasteiger partial charge is 0.481 e. The number of hydrogen-bond acceptors (Lipinski definition) is 2. The minimum atomic E-state index is -0.821. The molecule has 1 heterocycles. The summed E-state index contributed by atoms with van der Waals surface area (Å²) in [5, 5.41) is 12.2. The lowest BCUT2D eigenvalue weighted by Gasteiger charge is -2.38. The number of nitrogens with one attached hydrogen (secondary N) is 1. The van der Waals surface area contributed by atoms with Gasteiger partial charge in [0.2, 0.25) is 0 Å². The summed E-state index contributed by atoms with van der Waals surface area (Å²) in [5.74, 6) is -0.821. The zero-order valence-corrected chi connectivity index (χ0v) is 12.4. The maximum absolute atomic E-state index is 12.5. The average Bonchev–Trinajstić information content (AvgIpc) is 2.85. The smallest absolute Gasteiger partial charge is 0.318 e. The van der Waals surface area contributed by atoms with Crippen molar-refractivity contribution in [1.29, 1.82) is 0 Å². The van der Waals surface area contributed by atoms with Gasteiger partial charge in [0, 0.05) is 12.6 Å². The summed E-state index contributed by atoms with van der Waals surface area (Å²) in [5.41, 5.74) is -0.515. The molecular weight excluding hydrogens is 256 g/mol. The first-order chi connectivity index (χ1) is 9.56. The van der Waals surface area contributed by atoms with E-state index in [1.54, 1.807) is 0 Å². The second kappa shape index (κ2) is 6.46. The van der Waals surface area contributed by atoms with Crippen LogP contribution in [0.15, 0.2) is 0 Å². The minimum Gasteiger partial charge on any atom is -0.481 e. The summed E-state index contributed by atoms with van der Waals surface area (Å²) < 4.78 is 0. The molecule has 0 bridgehead atoms. The molecule has 1 aliphatic carbocycles. The summed E-state index contributed by atoms with van der Waals surface area (Å²) in [6.07, 6.45) is 7.90. The number of likely N-dealkylation sites (tertiary alicyclic amines) is 1. The molecule has 2 aliphatic rings. The Morgan fingerprint density at radius 1 is 1.25 bits per heavy atom. The third-order valence-electron chi connectivity index (χ3n) is 4.78. The van der Waals surface area contributed by atoms with Gasteiger partial charge < -0.3 is 15.3 Å². The molecule has 0 radical (unpaired) electrons. The molecule has 1 saturated heterocycles. The number of nitrogens with zero attached hydrogens (tertiary/aromatic N) is 1. The maximum atomic E-state index is 12.5. The lowest BCUT2D eigenvalue weighted by molar-refractivity contribution is -0.138. The van der Waals surface area contributed by atoms with Crippen LogP contribution < -0.4 is 5.32 Å². The summed E-state index contributed by atoms with van der Waals surface area (Å²) in [4.78, 5) is 25.5. The Bertz CT molecular complexity index is 364. The Balaban J connectivity index is 2.02. The quantitative estimate of drug-likeness (QED) is 0.833. The molecule has 5 heteroatoms. The van der Waals surface area contributed by atoms with E-state index in [9.17, 15) is 9.59 Å². The number of carbonyl (C=O) groups excluding carboxylic acids is 1. The van der Waals surface area contributed by atoms with Crippen LogP contribution in [0.4, 0.5) is 4.79 Å². The number of urea groups is 1. The molecule has 2 fully saturated rings. The van der Waals surface area contributed by atoms with Gasteiger partial charge >= 0.3 is 12.0 Å². The first kappa shape index (κ1) is 15.1. The van der Waals surface area contributed by atoms with Crippen LogP contribution in [-0.2, 0) is 4.79 Å². The molecule has 0 aromatic rings. The lowest BCUT2D eigenvalue weighted by atomic mass is 9.93. The van der Waals surface area contributed by atoms with E-state index in [4.69, 9.17) is 5.11 Å². The van der Waals surface area contributed by atoms with Crippen molar-refractivity contribution in [3.63, 3.8) is 0 Å². The van der Waals surface area contributed by atoms with Gasteiger partial charge in [0.05, 0.1) is 12.0 Å². The zero-order valence-electron chi connectivity index (χ0n) is 12.4. The van der Waals surface area contributed by atoms with E-state index >= 15 is 0 Å². The van der Waals surface area contributed by atoms with Crippen molar-refractivity contribution < 1.29 is 14.7 Å². The van der Waals surface area contributed by atoms with Crippen LogP contribution in [-0.4, -0.2) is 40.1 Å². The van der Waals surface area contributed by atoms with Gasteiger partial charge in [-0.15, -0.1) is 0 Å². The van der Waals surface area contributed by atoms with Crippen molar-refractivity contribution in [1.82, 2.24) is 10.2 Å². The first-order valence-corrected chi connectivity index (χ1v) is 7.87. The number of carboxylic acid groups (broad SMARTS) is 1. The molecule has 1 atom stereocenters. The molecule has 2 N–H and O–H groups in total. The number of carbonyl (C=O) groups is 2. The standard InChI is InChI=1S/C15H26N2O3/c1-2-12-7-3-6-10-17(12)14(20)16-15(11-13(18)19)8-4-5-9-15/h12H,2-11H2,1H3,(H,16,20)(H,18,19). The highest BCUT2D eigenvalue weighted by Gasteiger charge is 2.39. The number of carboxylic acids is 1. The van der Waals surface area contributed by atoms with Crippen molar-refractivity contribution >= 4 is 12.0 Å². The molecule has 20 heavy (non-hydrogen) atoms. The van der Waals surface area contributed by atoms with E-state index in [-0.39, 0.29) is 12.5 Å². The molecular formula is C15H26N2O3. The van der Waals surface area contributed by atoms with E-state index in [2.05, 4.69) is 12.2 Å². The molecule has 2 amide bonds. The van der Waals surface area contributed by atoms with Crippen LogP contribution in [0.1, 0.15) is 64.7 Å². The van der Waals surface area contributed by atoms with Crippen molar-refractivity contribution in [3.8, 4) is 0 Å². The van der Waals surface area contributed by atoms with Crippen molar-refractivity contribution in [3.05, 3.63) is 0 Å². The van der Waals surface area contributed by atoms with E-state index < -0.39 is 11.5 Å². The van der Waals surface area contributed by atoms with Crippen LogP contribution in [0.5, 0.6) is 0 Å². The second-order valence-corrected chi connectivity index (χ2v) is 6.24. The molecule has 1 aliphatic heterocycles. The van der Waals surface area contributed by atoms with Crippen LogP contribution in [0.3, 0.4) is 0 Å². The zero-order chi connectivity index (χ0) is 14.6. The first-order valence-electron chi connectivity index (χ1n) is 7.87. The van der Waals surface area contributed by atoms with Gasteiger partial charge in [0.15, 0.2) is 0 Å². The van der Waals surface area contributed by atoms with Gasteiger partial charge in [-0.25, -0.2) is 4.79 Å². The van der Waals surface area contributed by atoms with Crippen LogP contribution in [0.25, 0.3) is 0 Å². The van der Waals surface area contributed by atoms with Gasteiger partial charge in [-0.05, 0) is 38.5 Å². The maximum Gasteiger partial charge on any atom is 0.318 e. The Kier molecular flexibility index (Phi) is 4.89. The van der Waals surface area contributed by atoms with Crippen LogP contribution >= 0.6 is 0 Å². The topological polar surface area (TPSA) is 69.6 Å². The van der Waals surface area contributed by atoms with E-state index in [0.29, 0.717) is 6.04 Å². The fourth-order valence-corrected chi connectivity index (χ4v) is 3.68. The molecule has 2 rings (SSSR count). The molecule has 1 saturated carbocycles. The number of amides is 2. The van der Waals surface area contributed by atoms with Crippen molar-refractivity contribution in [2.24, 2.45) is 0 Å². The van der Waals surface area contributed by atoms with Gasteiger partial charge in [0.1, 0.15) is 0 Å². The van der Waals surface area contributed by atoms with Gasteiger partial charge in [-0.3, -0.25) is 4.79 Å². The van der Waals surface area contributed by atoms with Gasteiger partial charge in [0.25, 0.3) is 0 Å². The monoisotopic (exact) mass is 282 g/mol. The number of rotatable bonds is 4. The summed E-state index contributed by atoms with van der Waals surface area (Å²) in [6.45, 7) is 2.91. The van der Waals surface area contributed by atoms with E-state index in [0.717, 1.165) is 51.5 Å². The number of piperidine rings is 1. The predicted molar refractivity (Wildman–Crippen MR) is 76.6 cm³/mol. The molecule has 1 unspecified atom stereocenters. The third kappa shape index (κ3) is 3.44. The van der Waals surface area contributed by atoms with E-state index in [1.165, 1.54) is 6.42 Å². The lowest BCUT2D eigenvalue weighted by Crippen LogP contribution is -2.56. The SMILES string of the molecule is CCC1CCCCN1C(=O)NC1(CC(=O)O)CCCC1. The average molecular weight is 282 g/mol. The van der Waals surface area contributed by atoms with Crippen molar-refractivity contribution in [2.45, 2.75) is 76.3 Å². The highest BCUT2D eigenvalue weighted by Crippen LogP contribution is 2.33. The summed E-state index contributed by atoms with van der Waals surface area (Å²) >= 11 is 0. The Morgan fingerprint density at radius 3 is 2.55 bits per heavy atom. The molecule has 0 aromatic carbocycles. The summed E-state index contributed by atoms with van der Waals surface area (Å²) in [7, 11) is 0. The molecule has 0 spiro atoms. The van der Waals surface area contributed by atoms with Crippen LogP contribution in [0, 0.1) is 0 Å². The number of hydrogen-bond donors (Lipinski definition) is 2. The second-order valence-electron chi connectivity index (χ2n) is 6.24. The van der Waals surface area contributed by atoms with Gasteiger partial charge in [-0.1, -0.05) is 19.8 Å². The fourth-order valence-electron chi connectivity index (χ4n) is 3.68. The number of aliphatic carboxylic acids is 1. The highest BCUT2D eigenvalue weighted by molar-refractivity contribution is 5.77. The third-order valence-corrected chi connectivity index (χ3v) is 4.78. The highest BCUT2D eigenvalue weighted by atomic mass is 16.4. The van der Waals surface area contributed by atoms with Gasteiger partial charge in [-0.2, -0.15) is 0 Å². The van der Waals surface area contributed by atoms with E-state index in [1.807, 2.05) is 4.90 Å². The fraction of sp³-hybridized carbons (Fsp3) is 0.867. The molecule has 0 aromatic heterocycles. The minimum absolute atomic E-state index is 0.0450. The normalized spacial score (nSPS) is 25.4. The van der Waals surface area contributed by atoms with Crippen molar-refractivity contribution in [2.75, 3.05) is 6.54 Å². The van der Waals surface area contributed by atoms with Crippen LogP contribution in [0.2, 0.25) is 0 Å². The Labute approximate surface area is 120 Å². The summed E-state index contributed by atoms with van der Waals surface area (Å²) in [6, 6.07) is 0.256. The Morgan fingerprint density at radius 2 is 1.95 bits per heavy atom. The predicted octanol–water partition coefficient (Wildman–Crippen LogP) is 2.75. The molecule has 114 valence electrons.